The third kappa shape index (κ3) is 3.03. The highest BCUT2D eigenvalue weighted by molar-refractivity contribution is 7.93. The summed E-state index contributed by atoms with van der Waals surface area (Å²) in [5, 5.41) is -0.525. The van der Waals surface area contributed by atoms with Crippen LogP contribution in [0.3, 0.4) is 0 Å². The van der Waals surface area contributed by atoms with E-state index in [0.29, 0.717) is 12.1 Å². The molecule has 102 valence electrons. The van der Waals surface area contributed by atoms with Gasteiger partial charge in [0.25, 0.3) is 0 Å². The molecule has 4 nitrogen and oxygen atoms in total. The van der Waals surface area contributed by atoms with Gasteiger partial charge in [0.1, 0.15) is 0 Å². The van der Waals surface area contributed by atoms with E-state index in [4.69, 9.17) is 5.73 Å². The van der Waals surface area contributed by atoms with Gasteiger partial charge in [-0.3, -0.25) is 4.31 Å². The third-order valence-electron chi connectivity index (χ3n) is 3.09. The largest absolute Gasteiger partial charge is 0.329 e. The first-order valence-corrected chi connectivity index (χ1v) is 7.59. The van der Waals surface area contributed by atoms with Crippen LogP contribution in [0, 0.1) is 13.8 Å². The SMILES string of the molecule is CCC(CN)S(=O)(=O)N(C)c1cc(C)cc(C)c1. The Balaban J connectivity index is 3.17. The molecule has 1 atom stereocenters. The zero-order valence-corrected chi connectivity index (χ0v) is 12.3. The predicted molar refractivity (Wildman–Crippen MR) is 76.4 cm³/mol. The van der Waals surface area contributed by atoms with Crippen LogP contribution in [0.1, 0.15) is 24.5 Å². The monoisotopic (exact) mass is 270 g/mol. The van der Waals surface area contributed by atoms with Gasteiger partial charge in [0.15, 0.2) is 0 Å². The number of anilines is 1. The number of nitrogens with zero attached hydrogens (tertiary/aromatic N) is 1. The Morgan fingerprint density at radius 3 is 2.11 bits per heavy atom. The lowest BCUT2D eigenvalue weighted by Crippen LogP contribution is -2.40. The highest BCUT2D eigenvalue weighted by atomic mass is 32.2. The van der Waals surface area contributed by atoms with Gasteiger partial charge in [-0.05, 0) is 43.5 Å². The molecule has 1 unspecified atom stereocenters. The van der Waals surface area contributed by atoms with E-state index in [1.165, 1.54) is 4.31 Å². The summed E-state index contributed by atoms with van der Waals surface area (Å²) in [7, 11) is -1.79. The van der Waals surface area contributed by atoms with Crippen molar-refractivity contribution >= 4 is 15.7 Å². The van der Waals surface area contributed by atoms with Crippen molar-refractivity contribution in [2.75, 3.05) is 17.9 Å². The number of sulfonamides is 1. The van der Waals surface area contributed by atoms with Crippen LogP contribution in [0.5, 0.6) is 0 Å². The van der Waals surface area contributed by atoms with Crippen LogP contribution in [-0.4, -0.2) is 27.3 Å². The summed E-state index contributed by atoms with van der Waals surface area (Å²) in [5.41, 5.74) is 8.33. The van der Waals surface area contributed by atoms with Crippen LogP contribution in [0.15, 0.2) is 18.2 Å². The molecule has 0 saturated heterocycles. The van der Waals surface area contributed by atoms with E-state index in [-0.39, 0.29) is 6.54 Å². The standard InChI is InChI=1S/C13H22N2O2S/c1-5-13(9-14)18(16,17)15(4)12-7-10(2)6-11(3)8-12/h6-8,13H,5,9,14H2,1-4H3. The number of aryl methyl sites for hydroxylation is 2. The topological polar surface area (TPSA) is 63.4 Å². The third-order valence-corrected chi connectivity index (χ3v) is 5.43. The van der Waals surface area contributed by atoms with Crippen LogP contribution in [0.2, 0.25) is 0 Å². The van der Waals surface area contributed by atoms with Crippen molar-refractivity contribution in [1.82, 2.24) is 0 Å². The molecule has 0 aliphatic heterocycles. The second-order valence-electron chi connectivity index (χ2n) is 4.62. The van der Waals surface area contributed by atoms with E-state index in [1.807, 2.05) is 39.0 Å². The van der Waals surface area contributed by atoms with Crippen molar-refractivity contribution < 1.29 is 8.42 Å². The highest BCUT2D eigenvalue weighted by Gasteiger charge is 2.27. The van der Waals surface area contributed by atoms with Crippen LogP contribution in [-0.2, 0) is 10.0 Å². The van der Waals surface area contributed by atoms with E-state index >= 15 is 0 Å². The fraction of sp³-hybridized carbons (Fsp3) is 0.538. The normalized spacial score (nSPS) is 13.4. The summed E-state index contributed by atoms with van der Waals surface area (Å²) < 4.78 is 26.1. The Morgan fingerprint density at radius 2 is 1.72 bits per heavy atom. The minimum Gasteiger partial charge on any atom is -0.329 e. The van der Waals surface area contributed by atoms with Crippen LogP contribution >= 0.6 is 0 Å². The molecule has 1 rings (SSSR count). The lowest BCUT2D eigenvalue weighted by atomic mass is 10.1. The molecular weight excluding hydrogens is 248 g/mol. The molecule has 1 aromatic carbocycles. The number of hydrogen-bond acceptors (Lipinski definition) is 3. The lowest BCUT2D eigenvalue weighted by Gasteiger charge is -2.25. The quantitative estimate of drug-likeness (QED) is 0.887. The van der Waals surface area contributed by atoms with E-state index in [1.54, 1.807) is 7.05 Å². The molecule has 0 heterocycles. The maximum Gasteiger partial charge on any atom is 0.239 e. The summed E-state index contributed by atoms with van der Waals surface area (Å²) in [6.07, 6.45) is 0.522. The zero-order valence-electron chi connectivity index (χ0n) is 11.5. The van der Waals surface area contributed by atoms with E-state index in [9.17, 15) is 8.42 Å². The Labute approximate surface area is 110 Å². The Morgan fingerprint density at radius 1 is 1.22 bits per heavy atom. The van der Waals surface area contributed by atoms with Gasteiger partial charge in [-0.25, -0.2) is 8.42 Å². The first-order valence-electron chi connectivity index (χ1n) is 6.09. The van der Waals surface area contributed by atoms with Gasteiger partial charge >= 0.3 is 0 Å². The van der Waals surface area contributed by atoms with Crippen molar-refractivity contribution in [2.45, 2.75) is 32.4 Å². The molecule has 0 aliphatic carbocycles. The zero-order chi connectivity index (χ0) is 13.9. The fourth-order valence-corrected chi connectivity index (χ4v) is 3.51. The van der Waals surface area contributed by atoms with Crippen molar-refractivity contribution in [3.8, 4) is 0 Å². The molecular formula is C13H22N2O2S. The van der Waals surface area contributed by atoms with Crippen molar-refractivity contribution in [1.29, 1.82) is 0 Å². The Kier molecular flexibility index (Phi) is 4.76. The van der Waals surface area contributed by atoms with Gasteiger partial charge in [0.2, 0.25) is 10.0 Å². The maximum absolute atomic E-state index is 12.4. The molecule has 0 fully saturated rings. The van der Waals surface area contributed by atoms with Gasteiger partial charge in [-0.1, -0.05) is 13.0 Å². The number of hydrogen-bond donors (Lipinski definition) is 1. The van der Waals surface area contributed by atoms with Crippen LogP contribution in [0.25, 0.3) is 0 Å². The summed E-state index contributed by atoms with van der Waals surface area (Å²) >= 11 is 0. The van der Waals surface area contributed by atoms with Crippen LogP contribution < -0.4 is 10.0 Å². The van der Waals surface area contributed by atoms with Gasteiger partial charge in [-0.15, -0.1) is 0 Å². The molecule has 0 aliphatic rings. The summed E-state index contributed by atoms with van der Waals surface area (Å²) in [6.45, 7) is 5.90. The first kappa shape index (κ1) is 15.0. The Hall–Kier alpha value is -1.07. The molecule has 0 spiro atoms. The molecule has 5 heteroatoms. The van der Waals surface area contributed by atoms with E-state index in [2.05, 4.69) is 0 Å². The number of benzene rings is 1. The predicted octanol–water partition coefficient (Wildman–Crippen LogP) is 1.81. The number of rotatable bonds is 5. The second-order valence-corrected chi connectivity index (χ2v) is 6.87. The highest BCUT2D eigenvalue weighted by Crippen LogP contribution is 2.22. The number of nitrogens with two attached hydrogens (primary N) is 1. The van der Waals surface area contributed by atoms with E-state index < -0.39 is 15.3 Å². The lowest BCUT2D eigenvalue weighted by molar-refractivity contribution is 0.574. The molecule has 18 heavy (non-hydrogen) atoms. The summed E-state index contributed by atoms with van der Waals surface area (Å²) in [4.78, 5) is 0. The van der Waals surface area contributed by atoms with Crippen LogP contribution in [0.4, 0.5) is 5.69 Å². The van der Waals surface area contributed by atoms with Gasteiger partial charge in [-0.2, -0.15) is 0 Å². The molecule has 0 amide bonds. The average Bonchev–Trinajstić information content (AvgIpc) is 2.27. The van der Waals surface area contributed by atoms with Gasteiger partial charge < -0.3 is 5.73 Å². The van der Waals surface area contributed by atoms with Crippen molar-refractivity contribution in [3.63, 3.8) is 0 Å². The van der Waals surface area contributed by atoms with Crippen molar-refractivity contribution in [3.05, 3.63) is 29.3 Å². The minimum absolute atomic E-state index is 0.147. The molecule has 0 aromatic heterocycles. The maximum atomic E-state index is 12.4. The molecule has 0 saturated carbocycles. The molecule has 2 N–H and O–H groups in total. The average molecular weight is 270 g/mol. The minimum atomic E-state index is -3.38. The second kappa shape index (κ2) is 5.71. The molecule has 0 radical (unpaired) electrons. The first-order chi connectivity index (χ1) is 8.32. The fourth-order valence-electron chi connectivity index (χ4n) is 2.00. The Bertz CT molecular complexity index is 487. The smallest absolute Gasteiger partial charge is 0.239 e. The molecule has 0 bridgehead atoms. The summed E-state index contributed by atoms with van der Waals surface area (Å²) in [6, 6.07) is 5.76. The summed E-state index contributed by atoms with van der Waals surface area (Å²) in [5.74, 6) is 0. The molecule has 1 aromatic rings. The van der Waals surface area contributed by atoms with Gasteiger partial charge in [0.05, 0.1) is 10.9 Å². The van der Waals surface area contributed by atoms with Gasteiger partial charge in [0, 0.05) is 13.6 Å². The van der Waals surface area contributed by atoms with Crippen molar-refractivity contribution in [2.24, 2.45) is 5.73 Å². The van der Waals surface area contributed by atoms with E-state index in [0.717, 1.165) is 11.1 Å².